The third kappa shape index (κ3) is 2.15. The number of hydrogen-bond donors (Lipinski definition) is 2. The molecule has 2 N–H and O–H groups in total. The molecule has 4 aromatic rings. The van der Waals surface area contributed by atoms with Crippen LogP contribution in [-0.4, -0.2) is 28.9 Å². The van der Waals surface area contributed by atoms with Gasteiger partial charge in [0.1, 0.15) is 17.0 Å². The third-order valence-corrected chi connectivity index (χ3v) is 3.76. The van der Waals surface area contributed by atoms with Crippen LogP contribution in [0.3, 0.4) is 0 Å². The molecule has 4 aromatic heterocycles. The Balaban J connectivity index is 1.81. The number of aromatic amines is 2. The second-order valence-electron chi connectivity index (χ2n) is 5.26. The summed E-state index contributed by atoms with van der Waals surface area (Å²) in [6.07, 6.45) is 4.29. The maximum absolute atomic E-state index is 11.9. The highest BCUT2D eigenvalue weighted by molar-refractivity contribution is 5.69. The molecule has 0 bridgehead atoms. The molecule has 8 heteroatoms. The molecule has 0 radical (unpaired) electrons. The van der Waals surface area contributed by atoms with Gasteiger partial charge in [0.2, 0.25) is 0 Å². The molecule has 0 saturated heterocycles. The van der Waals surface area contributed by atoms with Gasteiger partial charge in [0, 0.05) is 25.4 Å². The Morgan fingerprint density at radius 1 is 1.17 bits per heavy atom. The summed E-state index contributed by atoms with van der Waals surface area (Å²) in [4.78, 5) is 37.9. The Morgan fingerprint density at radius 2 is 2.04 bits per heavy atom. The number of nitrogens with one attached hydrogen (secondary N) is 2. The predicted molar refractivity (Wildman–Crippen MR) is 84.6 cm³/mol. The summed E-state index contributed by atoms with van der Waals surface area (Å²) < 4.78 is 3.35. The lowest BCUT2D eigenvalue weighted by atomic mass is 10.3. The number of aromatic nitrogens is 6. The van der Waals surface area contributed by atoms with Crippen molar-refractivity contribution in [2.24, 2.45) is 0 Å². The summed E-state index contributed by atoms with van der Waals surface area (Å²) in [6, 6.07) is 5.77. The summed E-state index contributed by atoms with van der Waals surface area (Å²) in [5, 5.41) is 0. The van der Waals surface area contributed by atoms with Gasteiger partial charge in [-0.25, -0.2) is 14.8 Å². The second kappa shape index (κ2) is 4.94. The van der Waals surface area contributed by atoms with Gasteiger partial charge in [-0.2, -0.15) is 0 Å². The summed E-state index contributed by atoms with van der Waals surface area (Å²) >= 11 is 0. The minimum atomic E-state index is -0.455. The number of hydrogen-bond acceptors (Lipinski definition) is 4. The van der Waals surface area contributed by atoms with Crippen molar-refractivity contribution in [2.75, 3.05) is 0 Å². The molecular weight excluding hydrogens is 296 g/mol. The normalized spacial score (nSPS) is 11.5. The summed E-state index contributed by atoms with van der Waals surface area (Å²) in [5.74, 6) is 0.599. The highest BCUT2D eigenvalue weighted by atomic mass is 16.2. The standard InChI is InChI=1S/C15H14N6O2/c1-2-21-13-12(14(22)19-15(21)23)17-10(18-13)7-9-8-20-6-4-3-5-11(20)16-9/h3-6,8H,2,7H2,1H3,(H,17,18)(H,19,22,23). The zero-order valence-electron chi connectivity index (χ0n) is 12.4. The monoisotopic (exact) mass is 310 g/mol. The van der Waals surface area contributed by atoms with Crippen LogP contribution >= 0.6 is 0 Å². The molecular formula is C15H14N6O2. The second-order valence-corrected chi connectivity index (χ2v) is 5.26. The first-order valence-corrected chi connectivity index (χ1v) is 7.30. The van der Waals surface area contributed by atoms with E-state index in [-0.39, 0.29) is 0 Å². The number of fused-ring (bicyclic) bond motifs is 2. The largest absolute Gasteiger partial charge is 0.336 e. The molecule has 23 heavy (non-hydrogen) atoms. The van der Waals surface area contributed by atoms with Gasteiger partial charge in [0.05, 0.1) is 5.69 Å². The van der Waals surface area contributed by atoms with Crippen LogP contribution in [0.4, 0.5) is 0 Å². The lowest BCUT2D eigenvalue weighted by molar-refractivity contribution is 0.719. The molecule has 0 aliphatic rings. The van der Waals surface area contributed by atoms with Crippen LogP contribution in [-0.2, 0) is 13.0 Å². The quantitative estimate of drug-likeness (QED) is 0.581. The van der Waals surface area contributed by atoms with E-state index in [1.54, 1.807) is 0 Å². The zero-order chi connectivity index (χ0) is 16.0. The van der Waals surface area contributed by atoms with Crippen LogP contribution in [0.15, 0.2) is 40.2 Å². The summed E-state index contributed by atoms with van der Waals surface area (Å²) in [6.45, 7) is 2.26. The van der Waals surface area contributed by atoms with Crippen molar-refractivity contribution < 1.29 is 0 Å². The van der Waals surface area contributed by atoms with Gasteiger partial charge < -0.3 is 9.38 Å². The molecule has 116 valence electrons. The molecule has 0 atom stereocenters. The Hall–Kier alpha value is -3.16. The maximum atomic E-state index is 11.9. The molecule has 0 fully saturated rings. The van der Waals surface area contributed by atoms with Gasteiger partial charge in [0.15, 0.2) is 5.65 Å². The fraction of sp³-hybridized carbons (Fsp3) is 0.200. The van der Waals surface area contributed by atoms with Crippen molar-refractivity contribution in [3.8, 4) is 0 Å². The van der Waals surface area contributed by atoms with E-state index in [1.165, 1.54) is 4.57 Å². The van der Waals surface area contributed by atoms with Crippen LogP contribution in [0.5, 0.6) is 0 Å². The van der Waals surface area contributed by atoms with Crippen LogP contribution in [0, 0.1) is 0 Å². The first-order chi connectivity index (χ1) is 11.2. The average Bonchev–Trinajstić information content (AvgIpc) is 3.11. The number of nitrogens with zero attached hydrogens (tertiary/aromatic N) is 4. The van der Waals surface area contributed by atoms with Gasteiger partial charge in [0.25, 0.3) is 5.56 Å². The number of pyridine rings is 1. The number of H-pyrrole nitrogens is 2. The maximum Gasteiger partial charge on any atom is 0.330 e. The Labute approximate surface area is 129 Å². The van der Waals surface area contributed by atoms with Gasteiger partial charge >= 0.3 is 5.69 Å². The van der Waals surface area contributed by atoms with Crippen molar-refractivity contribution in [1.82, 2.24) is 28.9 Å². The fourth-order valence-corrected chi connectivity index (χ4v) is 2.71. The highest BCUT2D eigenvalue weighted by Crippen LogP contribution is 2.11. The lowest BCUT2D eigenvalue weighted by Crippen LogP contribution is -2.29. The predicted octanol–water partition coefficient (Wildman–Crippen LogP) is 0.671. The smallest absolute Gasteiger partial charge is 0.330 e. The minimum absolute atomic E-state index is 0.310. The van der Waals surface area contributed by atoms with E-state index in [9.17, 15) is 9.59 Å². The molecule has 4 rings (SSSR count). The highest BCUT2D eigenvalue weighted by Gasteiger charge is 2.13. The van der Waals surface area contributed by atoms with E-state index in [2.05, 4.69) is 19.9 Å². The van der Waals surface area contributed by atoms with E-state index in [4.69, 9.17) is 0 Å². The molecule has 0 spiro atoms. The first kappa shape index (κ1) is 13.5. The number of imidazole rings is 2. The fourth-order valence-electron chi connectivity index (χ4n) is 2.71. The molecule has 0 aromatic carbocycles. The van der Waals surface area contributed by atoms with Crippen LogP contribution in [0.2, 0.25) is 0 Å². The van der Waals surface area contributed by atoms with Gasteiger partial charge in [-0.3, -0.25) is 14.3 Å². The van der Waals surface area contributed by atoms with Crippen molar-refractivity contribution in [3.05, 3.63) is 62.9 Å². The lowest BCUT2D eigenvalue weighted by Gasteiger charge is -1.99. The topological polar surface area (TPSA) is 101 Å². The number of aryl methyl sites for hydroxylation is 1. The first-order valence-electron chi connectivity index (χ1n) is 7.30. The summed E-state index contributed by atoms with van der Waals surface area (Å²) in [7, 11) is 0. The van der Waals surface area contributed by atoms with Crippen LogP contribution in [0.1, 0.15) is 18.4 Å². The Morgan fingerprint density at radius 3 is 2.83 bits per heavy atom. The van der Waals surface area contributed by atoms with Crippen LogP contribution < -0.4 is 11.2 Å². The van der Waals surface area contributed by atoms with Gasteiger partial charge in [-0.05, 0) is 19.1 Å². The van der Waals surface area contributed by atoms with E-state index < -0.39 is 11.2 Å². The van der Waals surface area contributed by atoms with Crippen molar-refractivity contribution >= 4 is 16.8 Å². The van der Waals surface area contributed by atoms with E-state index >= 15 is 0 Å². The third-order valence-electron chi connectivity index (χ3n) is 3.76. The van der Waals surface area contributed by atoms with Crippen molar-refractivity contribution in [2.45, 2.75) is 19.9 Å². The Kier molecular flexibility index (Phi) is 2.90. The van der Waals surface area contributed by atoms with Gasteiger partial charge in [-0.1, -0.05) is 6.07 Å². The molecule has 0 aliphatic heterocycles. The van der Waals surface area contributed by atoms with Gasteiger partial charge in [-0.15, -0.1) is 0 Å². The molecule has 0 unspecified atom stereocenters. The van der Waals surface area contributed by atoms with E-state index in [0.29, 0.717) is 30.0 Å². The zero-order valence-corrected chi connectivity index (χ0v) is 12.4. The molecule has 0 saturated carbocycles. The molecule has 4 heterocycles. The minimum Gasteiger partial charge on any atom is -0.336 e. The molecule has 8 nitrogen and oxygen atoms in total. The van der Waals surface area contributed by atoms with Crippen LogP contribution in [0.25, 0.3) is 16.8 Å². The molecule has 0 amide bonds. The van der Waals surface area contributed by atoms with Crippen molar-refractivity contribution in [3.63, 3.8) is 0 Å². The average molecular weight is 310 g/mol. The van der Waals surface area contributed by atoms with Crippen molar-refractivity contribution in [1.29, 1.82) is 0 Å². The number of rotatable bonds is 3. The summed E-state index contributed by atoms with van der Waals surface area (Å²) in [5.41, 5.74) is 1.46. The SMILES string of the molecule is CCn1c(=O)[nH]c(=O)c2[nH]c(Cc3cn4ccccc4n3)nc21. The van der Waals surface area contributed by atoms with E-state index in [1.807, 2.05) is 41.9 Å². The Bertz CT molecular complexity index is 1100. The van der Waals surface area contributed by atoms with E-state index in [0.717, 1.165) is 11.3 Å². The molecule has 0 aliphatic carbocycles.